The molecular weight excluding hydrogens is 198 g/mol. The third-order valence-corrected chi connectivity index (χ3v) is 3.28. The summed E-state index contributed by atoms with van der Waals surface area (Å²) < 4.78 is 0. The lowest BCUT2D eigenvalue weighted by Crippen LogP contribution is -2.18. The molecule has 0 atom stereocenters. The zero-order valence-electron chi connectivity index (χ0n) is 9.40. The number of likely N-dealkylation sites (N-methyl/N-ethyl adjacent to an activating group) is 1. The van der Waals surface area contributed by atoms with Gasteiger partial charge in [-0.15, -0.1) is 0 Å². The first-order valence-corrected chi connectivity index (χ1v) is 5.75. The molecule has 1 aromatic carbocycles. The number of aromatic nitrogens is 2. The van der Waals surface area contributed by atoms with Gasteiger partial charge in [-0.3, -0.25) is 5.10 Å². The van der Waals surface area contributed by atoms with Gasteiger partial charge < -0.3 is 4.90 Å². The summed E-state index contributed by atoms with van der Waals surface area (Å²) in [5.41, 5.74) is 5.28. The number of nitrogens with zero attached hydrogens (tertiary/aromatic N) is 2. The van der Waals surface area contributed by atoms with Crippen molar-refractivity contribution >= 4 is 5.69 Å². The molecule has 3 heteroatoms. The average molecular weight is 213 g/mol. The van der Waals surface area contributed by atoms with E-state index >= 15 is 0 Å². The van der Waals surface area contributed by atoms with E-state index in [4.69, 9.17) is 0 Å². The second-order valence-corrected chi connectivity index (χ2v) is 4.16. The van der Waals surface area contributed by atoms with Crippen LogP contribution in [0.4, 0.5) is 5.69 Å². The largest absolute Gasteiger partial charge is 0.371 e. The molecule has 0 bridgehead atoms. The van der Waals surface area contributed by atoms with E-state index in [0.717, 1.165) is 25.1 Å². The van der Waals surface area contributed by atoms with Gasteiger partial charge in [-0.05, 0) is 36.6 Å². The number of rotatable bonds is 2. The fraction of sp³-hybridized carbons (Fsp3) is 0.308. The summed E-state index contributed by atoms with van der Waals surface area (Å²) >= 11 is 0. The van der Waals surface area contributed by atoms with E-state index in [-0.39, 0.29) is 0 Å². The van der Waals surface area contributed by atoms with Crippen LogP contribution in [0.1, 0.15) is 12.5 Å². The Morgan fingerprint density at radius 1 is 1.38 bits per heavy atom. The SMILES string of the molecule is CCN1CCc2cc(-c3cn[nH]c3)ccc21. The van der Waals surface area contributed by atoms with Crippen LogP contribution in [0.3, 0.4) is 0 Å². The van der Waals surface area contributed by atoms with E-state index in [1.807, 2.05) is 12.4 Å². The maximum absolute atomic E-state index is 3.99. The standard InChI is InChI=1S/C13H15N3/c1-2-16-6-5-11-7-10(3-4-13(11)16)12-8-14-15-9-12/h3-4,7-9H,2,5-6H2,1H3,(H,14,15). The van der Waals surface area contributed by atoms with Crippen molar-refractivity contribution in [2.24, 2.45) is 0 Å². The van der Waals surface area contributed by atoms with Gasteiger partial charge in [0.25, 0.3) is 0 Å². The molecule has 82 valence electrons. The first kappa shape index (κ1) is 9.46. The Kier molecular flexibility index (Phi) is 2.17. The molecule has 0 saturated heterocycles. The number of fused-ring (bicyclic) bond motifs is 1. The Hall–Kier alpha value is -1.77. The minimum Gasteiger partial charge on any atom is -0.371 e. The highest BCUT2D eigenvalue weighted by molar-refractivity contribution is 5.69. The van der Waals surface area contributed by atoms with Gasteiger partial charge in [0.2, 0.25) is 0 Å². The lowest BCUT2D eigenvalue weighted by molar-refractivity contribution is 0.868. The molecule has 0 saturated carbocycles. The van der Waals surface area contributed by atoms with E-state index in [2.05, 4.69) is 40.2 Å². The van der Waals surface area contributed by atoms with Crippen molar-refractivity contribution in [1.29, 1.82) is 0 Å². The van der Waals surface area contributed by atoms with Crippen LogP contribution in [0, 0.1) is 0 Å². The topological polar surface area (TPSA) is 31.9 Å². The minimum absolute atomic E-state index is 1.10. The van der Waals surface area contributed by atoms with E-state index in [1.165, 1.54) is 16.8 Å². The van der Waals surface area contributed by atoms with E-state index < -0.39 is 0 Å². The van der Waals surface area contributed by atoms with Crippen molar-refractivity contribution in [2.45, 2.75) is 13.3 Å². The average Bonchev–Trinajstić information content (AvgIpc) is 2.97. The van der Waals surface area contributed by atoms with E-state index in [0.29, 0.717) is 0 Å². The van der Waals surface area contributed by atoms with E-state index in [9.17, 15) is 0 Å². The van der Waals surface area contributed by atoms with Crippen molar-refractivity contribution in [1.82, 2.24) is 10.2 Å². The molecule has 0 radical (unpaired) electrons. The highest BCUT2D eigenvalue weighted by Crippen LogP contribution is 2.31. The number of hydrogen-bond donors (Lipinski definition) is 1. The van der Waals surface area contributed by atoms with Crippen LogP contribution in [0.5, 0.6) is 0 Å². The molecule has 1 aliphatic heterocycles. The fourth-order valence-electron chi connectivity index (χ4n) is 2.39. The first-order chi connectivity index (χ1) is 7.88. The van der Waals surface area contributed by atoms with Crippen molar-refractivity contribution in [3.8, 4) is 11.1 Å². The highest BCUT2D eigenvalue weighted by Gasteiger charge is 2.17. The lowest BCUT2D eigenvalue weighted by atomic mass is 10.0. The Bertz CT molecular complexity index is 488. The number of aromatic amines is 1. The van der Waals surface area contributed by atoms with Crippen molar-refractivity contribution in [2.75, 3.05) is 18.0 Å². The van der Waals surface area contributed by atoms with Crippen LogP contribution in [0.2, 0.25) is 0 Å². The summed E-state index contributed by atoms with van der Waals surface area (Å²) in [7, 11) is 0. The molecule has 16 heavy (non-hydrogen) atoms. The van der Waals surface area contributed by atoms with Gasteiger partial charge in [0.05, 0.1) is 6.20 Å². The number of nitrogens with one attached hydrogen (secondary N) is 1. The predicted molar refractivity (Wildman–Crippen MR) is 65.6 cm³/mol. The summed E-state index contributed by atoms with van der Waals surface area (Å²) in [4.78, 5) is 2.43. The molecule has 0 amide bonds. The van der Waals surface area contributed by atoms with Gasteiger partial charge in [-0.1, -0.05) is 6.07 Å². The third kappa shape index (κ3) is 1.40. The molecule has 0 spiro atoms. The molecule has 1 aromatic heterocycles. The van der Waals surface area contributed by atoms with Crippen LogP contribution in [-0.4, -0.2) is 23.3 Å². The Morgan fingerprint density at radius 3 is 3.06 bits per heavy atom. The van der Waals surface area contributed by atoms with Gasteiger partial charge in [0.15, 0.2) is 0 Å². The molecule has 0 unspecified atom stereocenters. The molecule has 0 fully saturated rings. The van der Waals surface area contributed by atoms with Crippen LogP contribution in [0.25, 0.3) is 11.1 Å². The van der Waals surface area contributed by atoms with Crippen LogP contribution in [-0.2, 0) is 6.42 Å². The Balaban J connectivity index is 2.01. The number of anilines is 1. The number of benzene rings is 1. The Labute approximate surface area is 95.1 Å². The molecule has 2 aromatic rings. The first-order valence-electron chi connectivity index (χ1n) is 5.75. The second kappa shape index (κ2) is 3.67. The molecule has 0 aliphatic carbocycles. The van der Waals surface area contributed by atoms with Crippen LogP contribution >= 0.6 is 0 Å². The normalized spacial score (nSPS) is 14.2. The maximum Gasteiger partial charge on any atom is 0.0565 e. The zero-order chi connectivity index (χ0) is 11.0. The van der Waals surface area contributed by atoms with Crippen molar-refractivity contribution in [3.05, 3.63) is 36.2 Å². The summed E-state index contributed by atoms with van der Waals surface area (Å²) in [6.45, 7) is 4.46. The van der Waals surface area contributed by atoms with Gasteiger partial charge >= 0.3 is 0 Å². The predicted octanol–water partition coefficient (Wildman–Crippen LogP) is 2.46. The van der Waals surface area contributed by atoms with Crippen LogP contribution in [0.15, 0.2) is 30.6 Å². The molecule has 1 N–H and O–H groups in total. The second-order valence-electron chi connectivity index (χ2n) is 4.16. The quantitative estimate of drug-likeness (QED) is 0.831. The fourth-order valence-corrected chi connectivity index (χ4v) is 2.39. The maximum atomic E-state index is 3.99. The van der Waals surface area contributed by atoms with Gasteiger partial charge in [-0.25, -0.2) is 0 Å². The van der Waals surface area contributed by atoms with Crippen molar-refractivity contribution in [3.63, 3.8) is 0 Å². The smallest absolute Gasteiger partial charge is 0.0565 e. The molecular formula is C13H15N3. The molecule has 3 rings (SSSR count). The number of hydrogen-bond acceptors (Lipinski definition) is 2. The Morgan fingerprint density at radius 2 is 2.31 bits per heavy atom. The zero-order valence-corrected chi connectivity index (χ0v) is 9.40. The lowest BCUT2D eigenvalue weighted by Gasteiger charge is -2.16. The number of H-pyrrole nitrogens is 1. The van der Waals surface area contributed by atoms with E-state index in [1.54, 1.807) is 0 Å². The van der Waals surface area contributed by atoms with Gasteiger partial charge in [0, 0.05) is 30.5 Å². The summed E-state index contributed by atoms with van der Waals surface area (Å²) in [6.07, 6.45) is 4.97. The summed E-state index contributed by atoms with van der Waals surface area (Å²) in [5, 5.41) is 6.84. The van der Waals surface area contributed by atoms with Gasteiger partial charge in [0.1, 0.15) is 0 Å². The van der Waals surface area contributed by atoms with Crippen LogP contribution < -0.4 is 4.90 Å². The third-order valence-electron chi connectivity index (χ3n) is 3.28. The van der Waals surface area contributed by atoms with Crippen molar-refractivity contribution < 1.29 is 0 Å². The minimum atomic E-state index is 1.10. The summed E-state index contributed by atoms with van der Waals surface area (Å²) in [5.74, 6) is 0. The molecule has 2 heterocycles. The monoisotopic (exact) mass is 213 g/mol. The molecule has 3 nitrogen and oxygen atoms in total. The molecule has 1 aliphatic rings. The van der Waals surface area contributed by atoms with Gasteiger partial charge in [-0.2, -0.15) is 5.10 Å². The summed E-state index contributed by atoms with van der Waals surface area (Å²) in [6, 6.07) is 6.70. The highest BCUT2D eigenvalue weighted by atomic mass is 15.1.